The fraction of sp³-hybridized carbons (Fsp3) is 0.150. The quantitative estimate of drug-likeness (QED) is 0.575. The second-order valence-electron chi connectivity index (χ2n) is 6.51. The lowest BCUT2D eigenvalue weighted by atomic mass is 10.1. The average Bonchev–Trinajstić information content (AvgIpc) is 3.12. The summed E-state index contributed by atoms with van der Waals surface area (Å²) in [6, 6.07) is 10.6. The second-order valence-corrected chi connectivity index (χ2v) is 9.01. The van der Waals surface area contributed by atoms with E-state index in [2.05, 4.69) is 15.0 Å². The molecule has 4 aromatic rings. The molecule has 0 radical (unpaired) electrons. The van der Waals surface area contributed by atoms with Gasteiger partial charge in [0.25, 0.3) is 0 Å². The Morgan fingerprint density at radius 1 is 1.00 bits per heavy atom. The maximum absolute atomic E-state index is 12.3. The number of nitrogens with one attached hydrogen (secondary N) is 1. The summed E-state index contributed by atoms with van der Waals surface area (Å²) in [4.78, 5) is 16.7. The van der Waals surface area contributed by atoms with Gasteiger partial charge in [0, 0.05) is 31.1 Å². The van der Waals surface area contributed by atoms with Crippen molar-refractivity contribution in [3.8, 4) is 22.4 Å². The summed E-state index contributed by atoms with van der Waals surface area (Å²) in [5.74, 6) is 0. The molecule has 0 spiro atoms. The van der Waals surface area contributed by atoms with Gasteiger partial charge < -0.3 is 4.98 Å². The molecule has 0 aliphatic rings. The van der Waals surface area contributed by atoms with Crippen LogP contribution in [0.25, 0.3) is 33.5 Å². The third-order valence-corrected chi connectivity index (χ3v) is 6.64. The van der Waals surface area contributed by atoms with E-state index >= 15 is 0 Å². The molecule has 1 aromatic carbocycles. The van der Waals surface area contributed by atoms with Crippen molar-refractivity contribution in [3.63, 3.8) is 0 Å². The van der Waals surface area contributed by atoms with Crippen molar-refractivity contribution in [2.45, 2.75) is 24.0 Å². The maximum atomic E-state index is 12.3. The number of H-pyrrole nitrogens is 1. The van der Waals surface area contributed by atoms with E-state index < -0.39 is 15.1 Å². The van der Waals surface area contributed by atoms with Gasteiger partial charge in [0.15, 0.2) is 15.5 Å². The summed E-state index contributed by atoms with van der Waals surface area (Å²) >= 11 is 0. The van der Waals surface area contributed by atoms with E-state index in [0.29, 0.717) is 16.2 Å². The van der Waals surface area contributed by atoms with Crippen molar-refractivity contribution in [1.82, 2.24) is 19.9 Å². The molecular formula is C20H20N4O2S. The summed E-state index contributed by atoms with van der Waals surface area (Å²) in [5.41, 5.74) is 4.91. The Kier molecular flexibility index (Phi) is 4.24. The van der Waals surface area contributed by atoms with Crippen molar-refractivity contribution in [1.29, 1.82) is 0 Å². The fourth-order valence-electron chi connectivity index (χ4n) is 2.87. The molecular weight excluding hydrogens is 360 g/mol. The van der Waals surface area contributed by atoms with Gasteiger partial charge in [0.05, 0.1) is 22.0 Å². The number of hydrogen-bond donors (Lipinski definition) is 1. The van der Waals surface area contributed by atoms with Crippen LogP contribution in [0.15, 0.2) is 66.1 Å². The van der Waals surface area contributed by atoms with Crippen molar-refractivity contribution < 1.29 is 9.84 Å². The monoisotopic (exact) mass is 380 g/mol. The number of pyridine rings is 1. The third kappa shape index (κ3) is 3.10. The molecule has 4 rings (SSSR count). The van der Waals surface area contributed by atoms with Crippen LogP contribution in [0.3, 0.4) is 0 Å². The molecule has 0 aliphatic carbocycles. The van der Waals surface area contributed by atoms with Crippen LogP contribution in [0.2, 0.25) is 0 Å². The zero-order valence-corrected chi connectivity index (χ0v) is 15.7. The minimum absolute atomic E-state index is 0. The lowest BCUT2D eigenvalue weighted by Crippen LogP contribution is -2.13. The summed E-state index contributed by atoms with van der Waals surface area (Å²) in [6.07, 6.45) is 7.03. The number of aromatic amines is 1. The first kappa shape index (κ1) is 17.4. The summed E-state index contributed by atoms with van der Waals surface area (Å²) in [7, 11) is -3.29. The predicted octanol–water partition coefficient (Wildman–Crippen LogP) is 4.12. The van der Waals surface area contributed by atoms with E-state index in [1.807, 2.05) is 18.3 Å². The highest BCUT2D eigenvalue weighted by Gasteiger charge is 2.19. The first-order chi connectivity index (χ1) is 13.0. The Bertz CT molecular complexity index is 1200. The van der Waals surface area contributed by atoms with Crippen LogP contribution in [0.1, 0.15) is 15.3 Å². The van der Waals surface area contributed by atoms with Crippen molar-refractivity contribution in [2.75, 3.05) is 0 Å². The smallest absolute Gasteiger partial charge is 0.180 e. The summed E-state index contributed by atoms with van der Waals surface area (Å²) < 4.78 is 24.6. The van der Waals surface area contributed by atoms with Crippen LogP contribution in [0.4, 0.5) is 0 Å². The number of hydrogen-bond acceptors (Lipinski definition) is 5. The number of sulfone groups is 1. The van der Waals surface area contributed by atoms with Gasteiger partial charge in [-0.1, -0.05) is 12.1 Å². The SMILES string of the molecule is CC(C)S(=O)(=O)c1ccc(-c2cnc3[nH]cc(-c4ccncc4)c3n2)cc1.[HH]. The third-order valence-electron chi connectivity index (χ3n) is 4.47. The molecule has 138 valence electrons. The normalized spacial score (nSPS) is 12.0. The Morgan fingerprint density at radius 3 is 2.37 bits per heavy atom. The molecule has 0 saturated carbocycles. The van der Waals surface area contributed by atoms with Gasteiger partial charge >= 0.3 is 0 Å². The minimum atomic E-state index is -3.29. The summed E-state index contributed by atoms with van der Waals surface area (Å²) in [6.45, 7) is 3.35. The lowest BCUT2D eigenvalue weighted by Gasteiger charge is -2.08. The molecule has 27 heavy (non-hydrogen) atoms. The van der Waals surface area contributed by atoms with Crippen LogP contribution in [0.5, 0.6) is 0 Å². The van der Waals surface area contributed by atoms with Gasteiger partial charge in [-0.25, -0.2) is 18.4 Å². The standard InChI is InChI=1S/C20H18N4O2S.H2/c1-13(2)27(25,26)16-5-3-15(4-6-16)18-12-23-20-19(24-18)17(11-22-20)14-7-9-21-10-8-14;/h3-13H,1-2H3,(H,22,23);1H. The molecule has 0 unspecified atom stereocenters. The van der Waals surface area contributed by atoms with Gasteiger partial charge in [0.2, 0.25) is 0 Å². The molecule has 0 atom stereocenters. The maximum Gasteiger partial charge on any atom is 0.180 e. The van der Waals surface area contributed by atoms with E-state index in [9.17, 15) is 8.42 Å². The summed E-state index contributed by atoms with van der Waals surface area (Å²) in [5, 5.41) is -0.456. The molecule has 7 heteroatoms. The van der Waals surface area contributed by atoms with Gasteiger partial charge in [-0.3, -0.25) is 4.98 Å². The first-order valence-electron chi connectivity index (χ1n) is 8.55. The number of aromatic nitrogens is 4. The van der Waals surface area contributed by atoms with Gasteiger partial charge in [-0.15, -0.1) is 0 Å². The Labute approximate surface area is 158 Å². The number of rotatable bonds is 4. The van der Waals surface area contributed by atoms with Crippen LogP contribution in [-0.2, 0) is 9.84 Å². The van der Waals surface area contributed by atoms with Crippen LogP contribution >= 0.6 is 0 Å². The highest BCUT2D eigenvalue weighted by molar-refractivity contribution is 7.92. The van der Waals surface area contributed by atoms with E-state index in [1.54, 1.807) is 56.7 Å². The number of benzene rings is 1. The van der Waals surface area contributed by atoms with Gasteiger partial charge in [-0.2, -0.15) is 0 Å². The van der Waals surface area contributed by atoms with E-state index in [-0.39, 0.29) is 1.43 Å². The number of fused-ring (bicyclic) bond motifs is 1. The molecule has 6 nitrogen and oxygen atoms in total. The topological polar surface area (TPSA) is 88.6 Å². The van der Waals surface area contributed by atoms with Crippen LogP contribution < -0.4 is 0 Å². The predicted molar refractivity (Wildman–Crippen MR) is 107 cm³/mol. The zero-order valence-electron chi connectivity index (χ0n) is 14.9. The Morgan fingerprint density at radius 2 is 1.70 bits per heavy atom. The molecule has 0 aliphatic heterocycles. The Hall–Kier alpha value is -3.06. The van der Waals surface area contributed by atoms with Crippen molar-refractivity contribution >= 4 is 21.0 Å². The van der Waals surface area contributed by atoms with Crippen LogP contribution in [-0.4, -0.2) is 33.6 Å². The van der Waals surface area contributed by atoms with Crippen LogP contribution in [0, 0.1) is 0 Å². The van der Waals surface area contributed by atoms with Crippen molar-refractivity contribution in [2.24, 2.45) is 0 Å². The molecule has 3 aromatic heterocycles. The fourth-order valence-corrected chi connectivity index (χ4v) is 3.93. The van der Waals surface area contributed by atoms with E-state index in [0.717, 1.165) is 22.2 Å². The zero-order chi connectivity index (χ0) is 19.0. The average molecular weight is 380 g/mol. The van der Waals surface area contributed by atoms with Crippen molar-refractivity contribution in [3.05, 3.63) is 61.2 Å². The number of nitrogens with zero attached hydrogens (tertiary/aromatic N) is 3. The lowest BCUT2D eigenvalue weighted by molar-refractivity contribution is 0.587. The molecule has 0 amide bonds. The first-order valence-corrected chi connectivity index (χ1v) is 10.1. The van der Waals surface area contributed by atoms with E-state index in [1.165, 1.54) is 0 Å². The minimum Gasteiger partial charge on any atom is -0.344 e. The second kappa shape index (κ2) is 6.59. The Balaban J connectivity index is 0.00000225. The van der Waals surface area contributed by atoms with E-state index in [4.69, 9.17) is 4.98 Å². The molecule has 1 N–H and O–H groups in total. The molecule has 3 heterocycles. The highest BCUT2D eigenvalue weighted by atomic mass is 32.2. The molecule has 0 saturated heterocycles. The highest BCUT2D eigenvalue weighted by Crippen LogP contribution is 2.28. The molecule has 0 bridgehead atoms. The molecule has 0 fully saturated rings. The van der Waals surface area contributed by atoms with Gasteiger partial charge in [0.1, 0.15) is 5.52 Å². The van der Waals surface area contributed by atoms with Gasteiger partial charge in [-0.05, 0) is 43.7 Å². The largest absolute Gasteiger partial charge is 0.344 e.